The van der Waals surface area contributed by atoms with Crippen molar-refractivity contribution in [2.24, 2.45) is 0 Å². The van der Waals surface area contributed by atoms with E-state index in [2.05, 4.69) is 20.1 Å². The van der Waals surface area contributed by atoms with Crippen LogP contribution in [0.25, 0.3) is 10.9 Å². The normalized spacial score (nSPS) is 11.0. The molecule has 0 saturated heterocycles. The van der Waals surface area contributed by atoms with Crippen LogP contribution in [0, 0.1) is 0 Å². The second-order valence-electron chi connectivity index (χ2n) is 5.75. The van der Waals surface area contributed by atoms with Gasteiger partial charge in [0.15, 0.2) is 0 Å². The van der Waals surface area contributed by atoms with Gasteiger partial charge in [-0.2, -0.15) is 5.10 Å². The molecule has 1 aromatic carbocycles. The summed E-state index contributed by atoms with van der Waals surface area (Å²) in [7, 11) is 1.58. The van der Waals surface area contributed by atoms with Gasteiger partial charge in [-0.25, -0.2) is 9.97 Å². The summed E-state index contributed by atoms with van der Waals surface area (Å²) in [6, 6.07) is 7.11. The number of hydrogen-bond acceptors (Lipinski definition) is 6. The number of aromatic nitrogens is 5. The highest BCUT2D eigenvalue weighted by atomic mass is 16.5. The van der Waals surface area contributed by atoms with E-state index in [9.17, 15) is 9.59 Å². The van der Waals surface area contributed by atoms with Crippen molar-refractivity contribution >= 4 is 16.8 Å². The lowest BCUT2D eigenvalue weighted by atomic mass is 10.2. The van der Waals surface area contributed by atoms with Crippen molar-refractivity contribution in [3.63, 3.8) is 0 Å². The third kappa shape index (κ3) is 4.31. The number of carbonyl (C=O) groups is 1. The van der Waals surface area contributed by atoms with Crippen LogP contribution in [-0.2, 0) is 22.6 Å². The maximum Gasteiger partial charge on any atom is 0.258 e. The van der Waals surface area contributed by atoms with Gasteiger partial charge in [0, 0.05) is 20.1 Å². The Balaban J connectivity index is 1.75. The van der Waals surface area contributed by atoms with Gasteiger partial charge in [-0.05, 0) is 12.1 Å². The molecule has 0 saturated carbocycles. The van der Waals surface area contributed by atoms with E-state index in [1.165, 1.54) is 6.33 Å². The first kappa shape index (κ1) is 17.7. The van der Waals surface area contributed by atoms with Crippen LogP contribution >= 0.6 is 0 Å². The highest BCUT2D eigenvalue weighted by Crippen LogP contribution is 2.08. The first-order chi connectivity index (χ1) is 12.7. The smallest absolute Gasteiger partial charge is 0.258 e. The number of carbonyl (C=O) groups excluding carboxylic acids is 1. The van der Waals surface area contributed by atoms with Crippen molar-refractivity contribution in [3.8, 4) is 0 Å². The summed E-state index contributed by atoms with van der Waals surface area (Å²) in [5.41, 5.74) is 0.389. The summed E-state index contributed by atoms with van der Waals surface area (Å²) in [6.45, 7) is 1.44. The Morgan fingerprint density at radius 1 is 1.35 bits per heavy atom. The standard InChI is InChI=1S/C17H20N6O3/c1-26-9-8-22(16(24)6-7-23-12-18-11-19-23)10-15-20-14-5-3-2-4-13(14)17(25)21-15/h2-5,11-12H,6-10H2,1H3,(H,20,21,25). The maximum absolute atomic E-state index is 12.6. The van der Waals surface area contributed by atoms with Crippen LogP contribution in [0.1, 0.15) is 12.2 Å². The number of nitrogens with zero attached hydrogens (tertiary/aromatic N) is 5. The molecule has 3 aromatic rings. The van der Waals surface area contributed by atoms with Gasteiger partial charge in [0.1, 0.15) is 18.5 Å². The molecule has 0 fully saturated rings. The maximum atomic E-state index is 12.6. The number of amides is 1. The van der Waals surface area contributed by atoms with E-state index >= 15 is 0 Å². The minimum absolute atomic E-state index is 0.0756. The highest BCUT2D eigenvalue weighted by molar-refractivity contribution is 5.77. The van der Waals surface area contributed by atoms with Gasteiger partial charge >= 0.3 is 0 Å². The predicted molar refractivity (Wildman–Crippen MR) is 94.3 cm³/mol. The Hall–Kier alpha value is -3.07. The molecule has 0 bridgehead atoms. The monoisotopic (exact) mass is 356 g/mol. The summed E-state index contributed by atoms with van der Waals surface area (Å²) in [6.07, 6.45) is 3.26. The topological polar surface area (TPSA) is 106 Å². The van der Waals surface area contributed by atoms with Gasteiger partial charge in [0.05, 0.1) is 30.6 Å². The molecule has 136 valence electrons. The summed E-state index contributed by atoms with van der Waals surface area (Å²) < 4.78 is 6.69. The molecule has 9 nitrogen and oxygen atoms in total. The van der Waals surface area contributed by atoms with Crippen molar-refractivity contribution in [2.75, 3.05) is 20.3 Å². The van der Waals surface area contributed by atoms with Crippen molar-refractivity contribution in [1.29, 1.82) is 0 Å². The first-order valence-corrected chi connectivity index (χ1v) is 8.24. The molecule has 0 aliphatic carbocycles. The first-order valence-electron chi connectivity index (χ1n) is 8.24. The van der Waals surface area contributed by atoms with E-state index in [0.29, 0.717) is 36.4 Å². The summed E-state index contributed by atoms with van der Waals surface area (Å²) in [4.78, 5) is 37.5. The molecular formula is C17H20N6O3. The number of methoxy groups -OCH3 is 1. The van der Waals surface area contributed by atoms with Crippen molar-refractivity contribution in [2.45, 2.75) is 19.5 Å². The quantitative estimate of drug-likeness (QED) is 0.633. The average Bonchev–Trinajstić information content (AvgIpc) is 3.17. The zero-order valence-corrected chi connectivity index (χ0v) is 14.5. The Bertz CT molecular complexity index is 922. The number of para-hydroxylation sites is 1. The molecule has 0 atom stereocenters. The molecule has 0 spiro atoms. The molecule has 2 aromatic heterocycles. The largest absolute Gasteiger partial charge is 0.383 e. The number of ether oxygens (including phenoxy) is 1. The molecule has 0 aliphatic rings. The lowest BCUT2D eigenvalue weighted by Gasteiger charge is -2.22. The van der Waals surface area contributed by atoms with E-state index in [1.807, 2.05) is 6.07 Å². The molecule has 0 unspecified atom stereocenters. The van der Waals surface area contributed by atoms with Crippen LogP contribution in [0.5, 0.6) is 0 Å². The van der Waals surface area contributed by atoms with E-state index in [4.69, 9.17) is 4.74 Å². The lowest BCUT2D eigenvalue weighted by Crippen LogP contribution is -2.35. The number of H-pyrrole nitrogens is 1. The van der Waals surface area contributed by atoms with E-state index in [-0.39, 0.29) is 24.4 Å². The van der Waals surface area contributed by atoms with Crippen LogP contribution in [-0.4, -0.2) is 55.8 Å². The number of aromatic amines is 1. The molecular weight excluding hydrogens is 336 g/mol. The number of fused-ring (bicyclic) bond motifs is 1. The van der Waals surface area contributed by atoms with Gasteiger partial charge in [-0.3, -0.25) is 14.3 Å². The fourth-order valence-corrected chi connectivity index (χ4v) is 2.60. The molecule has 26 heavy (non-hydrogen) atoms. The Morgan fingerprint density at radius 2 is 2.19 bits per heavy atom. The van der Waals surface area contributed by atoms with Crippen molar-refractivity contribution in [1.82, 2.24) is 29.6 Å². The highest BCUT2D eigenvalue weighted by Gasteiger charge is 2.16. The molecule has 0 radical (unpaired) electrons. The second-order valence-corrected chi connectivity index (χ2v) is 5.75. The molecule has 0 aliphatic heterocycles. The van der Waals surface area contributed by atoms with E-state index in [0.717, 1.165) is 0 Å². The van der Waals surface area contributed by atoms with Crippen LogP contribution in [0.4, 0.5) is 0 Å². The summed E-state index contributed by atoms with van der Waals surface area (Å²) in [5, 5.41) is 4.51. The Morgan fingerprint density at radius 3 is 2.96 bits per heavy atom. The zero-order valence-electron chi connectivity index (χ0n) is 14.5. The number of benzene rings is 1. The summed E-state index contributed by atoms with van der Waals surface area (Å²) in [5.74, 6) is 0.368. The van der Waals surface area contributed by atoms with Gasteiger partial charge in [-0.1, -0.05) is 12.1 Å². The molecule has 1 amide bonds. The van der Waals surface area contributed by atoms with E-state index in [1.54, 1.807) is 41.2 Å². The van der Waals surface area contributed by atoms with Gasteiger partial charge in [0.25, 0.3) is 5.56 Å². The minimum atomic E-state index is -0.215. The third-order valence-corrected chi connectivity index (χ3v) is 3.94. The number of aryl methyl sites for hydroxylation is 1. The zero-order chi connectivity index (χ0) is 18.4. The van der Waals surface area contributed by atoms with Gasteiger partial charge in [-0.15, -0.1) is 0 Å². The summed E-state index contributed by atoms with van der Waals surface area (Å²) >= 11 is 0. The Labute approximate surface area is 149 Å². The fraction of sp³-hybridized carbons (Fsp3) is 0.353. The van der Waals surface area contributed by atoms with Crippen molar-refractivity contribution < 1.29 is 9.53 Å². The Kier molecular flexibility index (Phi) is 5.69. The fourth-order valence-electron chi connectivity index (χ4n) is 2.60. The molecule has 3 rings (SSSR count). The lowest BCUT2D eigenvalue weighted by molar-refractivity contribution is -0.132. The molecule has 9 heteroatoms. The number of hydrogen-bond donors (Lipinski definition) is 1. The van der Waals surface area contributed by atoms with Gasteiger partial charge in [0.2, 0.25) is 5.91 Å². The molecule has 2 heterocycles. The van der Waals surface area contributed by atoms with Crippen LogP contribution in [0.15, 0.2) is 41.7 Å². The van der Waals surface area contributed by atoms with Crippen LogP contribution < -0.4 is 5.56 Å². The SMILES string of the molecule is COCCN(Cc1nc2ccccc2c(=O)[nH]1)C(=O)CCn1cncn1. The van der Waals surface area contributed by atoms with E-state index < -0.39 is 0 Å². The van der Waals surface area contributed by atoms with Crippen LogP contribution in [0.2, 0.25) is 0 Å². The predicted octanol–water partition coefficient (Wildman–Crippen LogP) is 0.580. The van der Waals surface area contributed by atoms with Gasteiger partial charge < -0.3 is 14.6 Å². The number of rotatable bonds is 8. The third-order valence-electron chi connectivity index (χ3n) is 3.94. The second kappa shape index (κ2) is 8.34. The number of nitrogens with one attached hydrogen (secondary N) is 1. The molecule has 1 N–H and O–H groups in total. The average molecular weight is 356 g/mol. The minimum Gasteiger partial charge on any atom is -0.383 e. The van der Waals surface area contributed by atoms with Crippen molar-refractivity contribution in [3.05, 3.63) is 53.1 Å². The van der Waals surface area contributed by atoms with Crippen LogP contribution in [0.3, 0.4) is 0 Å².